The molecule has 1 spiro atoms. The number of likely N-dealkylation sites (tertiary alicyclic amines) is 1. The highest BCUT2D eigenvalue weighted by Gasteiger charge is 2.45. The molecule has 2 N–H and O–H groups in total. The van der Waals surface area contributed by atoms with Crippen LogP contribution < -0.4 is 5.73 Å². The topological polar surface area (TPSA) is 56.3 Å². The third-order valence-electron chi connectivity index (χ3n) is 4.85. The van der Waals surface area contributed by atoms with E-state index in [1.807, 2.05) is 4.68 Å². The number of nitrogens with two attached hydrogens (primary N) is 1. The molecule has 6 heteroatoms. The number of hydrogen-bond donors (Lipinski definition) is 1. The van der Waals surface area contributed by atoms with E-state index < -0.39 is 0 Å². The predicted octanol–water partition coefficient (Wildman–Crippen LogP) is 2.18. The van der Waals surface area contributed by atoms with Crippen LogP contribution >= 0.6 is 11.6 Å². The summed E-state index contributed by atoms with van der Waals surface area (Å²) in [5.74, 6) is 0. The van der Waals surface area contributed by atoms with Gasteiger partial charge in [0.25, 0.3) is 0 Å². The van der Waals surface area contributed by atoms with Crippen molar-refractivity contribution in [2.45, 2.75) is 31.7 Å². The van der Waals surface area contributed by atoms with Crippen molar-refractivity contribution in [3.8, 4) is 0 Å². The fraction of sp³-hybridized carbons (Fsp3) is 0.786. The number of ether oxygens (including phenoxy) is 1. The highest BCUT2D eigenvalue weighted by Crippen LogP contribution is 2.47. The van der Waals surface area contributed by atoms with Gasteiger partial charge in [-0.3, -0.25) is 4.90 Å². The van der Waals surface area contributed by atoms with Crippen molar-refractivity contribution in [3.05, 3.63) is 11.3 Å². The van der Waals surface area contributed by atoms with E-state index in [1.165, 1.54) is 25.9 Å². The maximum Gasteiger partial charge on any atom is 0.150 e. The first-order valence-corrected chi connectivity index (χ1v) is 7.71. The summed E-state index contributed by atoms with van der Waals surface area (Å²) >= 11 is 6.19. The number of anilines is 1. The molecular formula is C14H23ClN4O. The molecule has 0 amide bonds. The fourth-order valence-electron chi connectivity index (χ4n) is 3.67. The Morgan fingerprint density at radius 1 is 1.45 bits per heavy atom. The van der Waals surface area contributed by atoms with Crippen LogP contribution in [0.25, 0.3) is 0 Å². The summed E-state index contributed by atoms with van der Waals surface area (Å²) in [6, 6.07) is 0.415. The van der Waals surface area contributed by atoms with Gasteiger partial charge in [0, 0.05) is 26.7 Å². The molecule has 112 valence electrons. The average Bonchev–Trinajstić information content (AvgIpc) is 2.75. The second-order valence-electron chi connectivity index (χ2n) is 6.27. The van der Waals surface area contributed by atoms with Gasteiger partial charge in [0.2, 0.25) is 0 Å². The van der Waals surface area contributed by atoms with Crippen LogP contribution in [0.1, 0.15) is 31.7 Å². The summed E-state index contributed by atoms with van der Waals surface area (Å²) < 4.78 is 7.04. The van der Waals surface area contributed by atoms with Gasteiger partial charge in [0.1, 0.15) is 5.15 Å². The van der Waals surface area contributed by atoms with Gasteiger partial charge < -0.3 is 10.5 Å². The van der Waals surface area contributed by atoms with Crippen LogP contribution in [0, 0.1) is 5.41 Å². The van der Waals surface area contributed by atoms with Crippen molar-refractivity contribution in [3.63, 3.8) is 0 Å². The lowest BCUT2D eigenvalue weighted by Crippen LogP contribution is -2.58. The van der Waals surface area contributed by atoms with Crippen LogP contribution in [0.4, 0.5) is 5.69 Å². The highest BCUT2D eigenvalue weighted by molar-refractivity contribution is 6.32. The number of rotatable bonds is 4. The van der Waals surface area contributed by atoms with Gasteiger partial charge in [0.15, 0.2) is 0 Å². The lowest BCUT2D eigenvalue weighted by atomic mass is 9.67. The molecule has 1 aliphatic heterocycles. The predicted molar refractivity (Wildman–Crippen MR) is 79.9 cm³/mol. The van der Waals surface area contributed by atoms with Crippen LogP contribution in [0.2, 0.25) is 5.15 Å². The maximum atomic E-state index is 6.19. The number of nitrogen functional groups attached to an aromatic ring is 1. The number of aromatic nitrogens is 2. The molecule has 1 aliphatic carbocycles. The summed E-state index contributed by atoms with van der Waals surface area (Å²) in [7, 11) is 1.76. The third kappa shape index (κ3) is 2.54. The Bertz CT molecular complexity index is 460. The van der Waals surface area contributed by atoms with Gasteiger partial charge >= 0.3 is 0 Å². The molecule has 1 aromatic rings. The highest BCUT2D eigenvalue weighted by atomic mass is 35.5. The number of nitrogens with zero attached hydrogens (tertiary/aromatic N) is 3. The number of methoxy groups -OCH3 is 1. The fourth-order valence-corrected chi connectivity index (χ4v) is 3.90. The van der Waals surface area contributed by atoms with E-state index in [4.69, 9.17) is 22.1 Å². The third-order valence-corrected chi connectivity index (χ3v) is 5.24. The van der Waals surface area contributed by atoms with Crippen LogP contribution in [-0.2, 0) is 4.74 Å². The summed E-state index contributed by atoms with van der Waals surface area (Å²) in [4.78, 5) is 2.49. The van der Waals surface area contributed by atoms with Crippen LogP contribution in [0.3, 0.4) is 0 Å². The van der Waals surface area contributed by atoms with Crippen LogP contribution in [0.15, 0.2) is 6.20 Å². The van der Waals surface area contributed by atoms with Gasteiger partial charge in [-0.25, -0.2) is 4.68 Å². The smallest absolute Gasteiger partial charge is 0.150 e. The Labute approximate surface area is 125 Å². The van der Waals surface area contributed by atoms with E-state index in [0.29, 0.717) is 22.3 Å². The van der Waals surface area contributed by atoms with Crippen LogP contribution in [0.5, 0.6) is 0 Å². The summed E-state index contributed by atoms with van der Waals surface area (Å²) in [5, 5.41) is 4.92. The molecule has 0 atom stereocenters. The quantitative estimate of drug-likeness (QED) is 0.926. The molecule has 0 radical (unpaired) electrons. The first-order valence-electron chi connectivity index (χ1n) is 7.33. The van der Waals surface area contributed by atoms with E-state index in [-0.39, 0.29) is 0 Å². The van der Waals surface area contributed by atoms with E-state index in [2.05, 4.69) is 10.00 Å². The van der Waals surface area contributed by atoms with Crippen molar-refractivity contribution in [1.82, 2.24) is 14.7 Å². The Balaban J connectivity index is 1.52. The van der Waals surface area contributed by atoms with Gasteiger partial charge in [0.05, 0.1) is 24.5 Å². The van der Waals surface area contributed by atoms with Gasteiger partial charge in [-0.15, -0.1) is 0 Å². The Hall–Kier alpha value is -0.780. The zero-order valence-electron chi connectivity index (χ0n) is 12.0. The molecular weight excluding hydrogens is 276 g/mol. The molecule has 0 bridgehead atoms. The first-order chi connectivity index (χ1) is 9.63. The SMILES string of the molecule is COCCN1CC2(CCC(n3ncc(N)c3Cl)CC2)C1. The molecule has 0 aromatic carbocycles. The normalized spacial score (nSPS) is 23.1. The standard InChI is InChI=1S/C14H23ClN4O/c1-20-7-6-18-9-14(10-18)4-2-11(3-5-14)19-13(15)12(16)8-17-19/h8,11H,2-7,9-10,16H2,1H3. The molecule has 1 aromatic heterocycles. The largest absolute Gasteiger partial charge is 0.395 e. The van der Waals surface area contributed by atoms with Crippen molar-refractivity contribution >= 4 is 17.3 Å². The minimum absolute atomic E-state index is 0.415. The summed E-state index contributed by atoms with van der Waals surface area (Å²) in [6.45, 7) is 4.33. The monoisotopic (exact) mass is 298 g/mol. The molecule has 3 rings (SSSR count). The lowest BCUT2D eigenvalue weighted by molar-refractivity contribution is -0.0464. The van der Waals surface area contributed by atoms with Crippen LogP contribution in [-0.4, -0.2) is 48.0 Å². The molecule has 0 unspecified atom stereocenters. The Morgan fingerprint density at radius 2 is 2.15 bits per heavy atom. The molecule has 1 saturated carbocycles. The van der Waals surface area contributed by atoms with E-state index >= 15 is 0 Å². The maximum absolute atomic E-state index is 6.19. The lowest BCUT2D eigenvalue weighted by Gasteiger charge is -2.53. The van der Waals surface area contributed by atoms with E-state index in [1.54, 1.807) is 13.3 Å². The van der Waals surface area contributed by atoms with Gasteiger partial charge in [-0.2, -0.15) is 5.10 Å². The first kappa shape index (κ1) is 14.2. The van der Waals surface area contributed by atoms with Crippen molar-refractivity contribution < 1.29 is 4.74 Å². The van der Waals surface area contributed by atoms with E-state index in [9.17, 15) is 0 Å². The molecule has 2 heterocycles. The van der Waals surface area contributed by atoms with E-state index in [0.717, 1.165) is 26.0 Å². The molecule has 2 fully saturated rings. The minimum atomic E-state index is 0.415. The molecule has 20 heavy (non-hydrogen) atoms. The zero-order chi connectivity index (χ0) is 14.2. The average molecular weight is 299 g/mol. The second-order valence-corrected chi connectivity index (χ2v) is 6.63. The molecule has 1 saturated heterocycles. The number of halogens is 1. The summed E-state index contributed by atoms with van der Waals surface area (Å²) in [6.07, 6.45) is 6.48. The Kier molecular flexibility index (Phi) is 3.93. The molecule has 5 nitrogen and oxygen atoms in total. The van der Waals surface area contributed by atoms with Crippen molar-refractivity contribution in [1.29, 1.82) is 0 Å². The Morgan fingerprint density at radius 3 is 2.70 bits per heavy atom. The van der Waals surface area contributed by atoms with Gasteiger partial charge in [-0.05, 0) is 31.1 Å². The second kappa shape index (κ2) is 5.54. The number of hydrogen-bond acceptors (Lipinski definition) is 4. The molecule has 2 aliphatic rings. The zero-order valence-corrected chi connectivity index (χ0v) is 12.8. The van der Waals surface area contributed by atoms with Crippen molar-refractivity contribution in [2.24, 2.45) is 5.41 Å². The minimum Gasteiger partial charge on any atom is -0.395 e. The summed E-state index contributed by atoms with van der Waals surface area (Å²) in [5.41, 5.74) is 6.89. The van der Waals surface area contributed by atoms with Crippen molar-refractivity contribution in [2.75, 3.05) is 39.1 Å². The van der Waals surface area contributed by atoms with Gasteiger partial charge in [-0.1, -0.05) is 11.6 Å².